The molecule has 0 amide bonds. The number of rotatable bonds is 3. The molecule has 2 aromatic carbocycles. The molecule has 0 saturated heterocycles. The van der Waals surface area contributed by atoms with Gasteiger partial charge >= 0.3 is 21.2 Å². The Bertz CT molecular complexity index is 555. The second-order valence-corrected chi connectivity index (χ2v) is 8.94. The summed E-state index contributed by atoms with van der Waals surface area (Å²) in [4.78, 5) is 0. The molecular weight excluding hydrogens is 539 g/mol. The minimum atomic E-state index is -0.194. The van der Waals surface area contributed by atoms with Gasteiger partial charge in [0.25, 0.3) is 0 Å². The predicted molar refractivity (Wildman–Crippen MR) is 79.9 cm³/mol. The van der Waals surface area contributed by atoms with Crippen molar-refractivity contribution in [3.8, 4) is 5.75 Å². The molecule has 0 unspecified atom stereocenters. The van der Waals surface area contributed by atoms with Gasteiger partial charge in [-0.1, -0.05) is 0 Å². The van der Waals surface area contributed by atoms with Crippen molar-refractivity contribution >= 4 is 47.8 Å². The molecule has 0 bridgehead atoms. The molecule has 0 aliphatic carbocycles. The topological polar surface area (TPSA) is 9.23 Å². The van der Waals surface area contributed by atoms with Crippen LogP contribution in [0.4, 0.5) is 0 Å². The van der Waals surface area contributed by atoms with E-state index in [2.05, 4.69) is 72.1 Å². The average molecular weight is 548 g/mol. The van der Waals surface area contributed by atoms with Gasteiger partial charge in [-0.15, -0.1) is 0 Å². The summed E-state index contributed by atoms with van der Waals surface area (Å²) < 4.78 is 11.2. The van der Waals surface area contributed by atoms with Crippen LogP contribution in [0.1, 0.15) is 0 Å². The lowest BCUT2D eigenvalue weighted by Crippen LogP contribution is -3.61. The van der Waals surface area contributed by atoms with Gasteiger partial charge < -0.3 is 4.74 Å². The van der Waals surface area contributed by atoms with Gasteiger partial charge in [-0.3, -0.25) is 0 Å². The number of hydrogen-bond donors (Lipinski definition) is 0. The summed E-state index contributed by atoms with van der Waals surface area (Å²) in [6.45, 7) is 0. The fourth-order valence-electron chi connectivity index (χ4n) is 1.32. The second-order valence-electron chi connectivity index (χ2n) is 3.43. The highest BCUT2D eigenvalue weighted by Gasteiger charge is 2.20. The van der Waals surface area contributed by atoms with Crippen molar-refractivity contribution in [1.29, 1.82) is 0 Å². The van der Waals surface area contributed by atoms with Gasteiger partial charge in [-0.05, 0) is 78.1 Å². The SMILES string of the molecule is COc1ccc([I+]c2cc(Br)c(Br)cc2Br)cc1. The molecule has 0 atom stereocenters. The van der Waals surface area contributed by atoms with Gasteiger partial charge in [-0.2, -0.15) is 0 Å². The van der Waals surface area contributed by atoms with Crippen LogP contribution in [-0.2, 0) is 0 Å². The van der Waals surface area contributed by atoms with Gasteiger partial charge in [0.1, 0.15) is 5.75 Å². The predicted octanol–water partition coefficient (Wildman–Crippen LogP) is 2.11. The van der Waals surface area contributed by atoms with E-state index in [0.717, 1.165) is 19.2 Å². The van der Waals surface area contributed by atoms with Crippen molar-refractivity contribution in [2.45, 2.75) is 0 Å². The summed E-state index contributed by atoms with van der Waals surface area (Å²) in [6, 6.07) is 12.5. The maximum absolute atomic E-state index is 5.17. The lowest BCUT2D eigenvalue weighted by molar-refractivity contribution is -0.598. The van der Waals surface area contributed by atoms with Gasteiger partial charge in [0, 0.05) is 15.0 Å². The van der Waals surface area contributed by atoms with Crippen LogP contribution in [0.25, 0.3) is 0 Å². The summed E-state index contributed by atoms with van der Waals surface area (Å²) in [5.41, 5.74) is 0. The normalized spacial score (nSPS) is 10.4. The molecule has 0 aromatic heterocycles. The van der Waals surface area contributed by atoms with E-state index in [1.807, 2.05) is 12.1 Å². The number of hydrogen-bond acceptors (Lipinski definition) is 1. The van der Waals surface area contributed by atoms with Crippen LogP contribution in [0.3, 0.4) is 0 Å². The van der Waals surface area contributed by atoms with Crippen LogP contribution in [-0.4, -0.2) is 7.11 Å². The molecule has 0 fully saturated rings. The molecule has 1 nitrogen and oxygen atoms in total. The molecule has 0 saturated carbocycles. The van der Waals surface area contributed by atoms with E-state index >= 15 is 0 Å². The van der Waals surface area contributed by atoms with Crippen molar-refractivity contribution in [2.24, 2.45) is 0 Å². The molecule has 5 heteroatoms. The zero-order valence-corrected chi connectivity index (χ0v) is 16.3. The summed E-state index contributed by atoms with van der Waals surface area (Å²) >= 11 is 10.5. The summed E-state index contributed by atoms with van der Waals surface area (Å²) in [6.07, 6.45) is 0. The Morgan fingerprint density at radius 3 is 2.11 bits per heavy atom. The third kappa shape index (κ3) is 3.71. The van der Waals surface area contributed by atoms with Gasteiger partial charge in [0.15, 0.2) is 3.57 Å². The van der Waals surface area contributed by atoms with E-state index in [9.17, 15) is 0 Å². The minimum absolute atomic E-state index is 0.194. The van der Waals surface area contributed by atoms with Crippen molar-refractivity contribution in [1.82, 2.24) is 0 Å². The molecule has 0 spiro atoms. The number of halogens is 4. The average Bonchev–Trinajstić information content (AvgIpc) is 2.37. The maximum Gasteiger partial charge on any atom is 0.359 e. The van der Waals surface area contributed by atoms with Crippen LogP contribution < -0.4 is 25.9 Å². The Labute approximate surface area is 142 Å². The highest BCUT2D eigenvalue weighted by molar-refractivity contribution is 9.13. The van der Waals surface area contributed by atoms with Crippen molar-refractivity contribution in [3.63, 3.8) is 0 Å². The Morgan fingerprint density at radius 2 is 1.50 bits per heavy atom. The summed E-state index contributed by atoms with van der Waals surface area (Å²) in [5.74, 6) is 0.902. The Balaban J connectivity index is 2.25. The number of methoxy groups -OCH3 is 1. The third-order valence-electron chi connectivity index (χ3n) is 2.22. The Kier molecular flexibility index (Phi) is 5.53. The van der Waals surface area contributed by atoms with Crippen LogP contribution in [0.5, 0.6) is 5.75 Å². The first-order valence-corrected chi connectivity index (χ1v) is 9.57. The largest absolute Gasteiger partial charge is 0.497 e. The summed E-state index contributed by atoms with van der Waals surface area (Å²) in [7, 11) is 1.69. The molecule has 18 heavy (non-hydrogen) atoms. The minimum Gasteiger partial charge on any atom is -0.497 e. The van der Waals surface area contributed by atoms with Gasteiger partial charge in [0.2, 0.25) is 3.57 Å². The molecule has 0 aliphatic heterocycles. The molecule has 0 heterocycles. The third-order valence-corrected chi connectivity index (χ3v) is 8.28. The van der Waals surface area contributed by atoms with Crippen molar-refractivity contribution in [3.05, 3.63) is 57.0 Å². The first-order chi connectivity index (χ1) is 8.60. The van der Waals surface area contributed by atoms with E-state index < -0.39 is 0 Å². The van der Waals surface area contributed by atoms with Crippen LogP contribution in [0.15, 0.2) is 49.8 Å². The lowest BCUT2D eigenvalue weighted by atomic mass is 10.3. The molecule has 0 radical (unpaired) electrons. The maximum atomic E-state index is 5.17. The standard InChI is InChI=1S/C13H9Br3IO/c1-18-9-4-2-8(3-5-9)17-13-7-11(15)10(14)6-12(13)16/h2-7H,1H3/q+1. The molecule has 94 valence electrons. The van der Waals surface area contributed by atoms with Crippen LogP contribution in [0.2, 0.25) is 0 Å². The monoisotopic (exact) mass is 545 g/mol. The van der Waals surface area contributed by atoms with Gasteiger partial charge in [0.05, 0.1) is 11.6 Å². The van der Waals surface area contributed by atoms with E-state index in [4.69, 9.17) is 4.74 Å². The zero-order valence-electron chi connectivity index (χ0n) is 9.38. The van der Waals surface area contributed by atoms with E-state index in [-0.39, 0.29) is 21.2 Å². The fraction of sp³-hybridized carbons (Fsp3) is 0.0769. The Hall–Kier alpha value is 0.410. The molecule has 2 rings (SSSR count). The van der Waals surface area contributed by atoms with E-state index in [1.165, 1.54) is 7.14 Å². The van der Waals surface area contributed by atoms with Crippen molar-refractivity contribution in [2.75, 3.05) is 7.11 Å². The molecule has 0 N–H and O–H groups in total. The zero-order chi connectivity index (χ0) is 13.1. The van der Waals surface area contributed by atoms with Gasteiger partial charge in [-0.25, -0.2) is 0 Å². The summed E-state index contributed by atoms with van der Waals surface area (Å²) in [5, 5.41) is 0. The van der Waals surface area contributed by atoms with Crippen molar-refractivity contribution < 1.29 is 25.9 Å². The van der Waals surface area contributed by atoms with E-state index in [0.29, 0.717) is 0 Å². The fourth-order valence-corrected chi connectivity index (χ4v) is 5.86. The lowest BCUT2D eigenvalue weighted by Gasteiger charge is -1.98. The van der Waals surface area contributed by atoms with Crippen LogP contribution in [0, 0.1) is 7.14 Å². The van der Waals surface area contributed by atoms with Crippen LogP contribution >= 0.6 is 47.8 Å². The quantitative estimate of drug-likeness (QED) is 0.423. The molecule has 2 aromatic rings. The molecular formula is C13H9Br3IO+. The highest BCUT2D eigenvalue weighted by atomic mass is 127. The smallest absolute Gasteiger partial charge is 0.359 e. The number of benzene rings is 2. The number of ether oxygens (including phenoxy) is 1. The highest BCUT2D eigenvalue weighted by Crippen LogP contribution is 2.26. The second kappa shape index (κ2) is 6.72. The Morgan fingerprint density at radius 1 is 0.889 bits per heavy atom. The van der Waals surface area contributed by atoms with E-state index in [1.54, 1.807) is 7.11 Å². The molecule has 0 aliphatic rings. The first-order valence-electron chi connectivity index (χ1n) is 5.03. The first kappa shape index (κ1) is 14.8.